The minimum absolute atomic E-state index is 0.0843. The van der Waals surface area contributed by atoms with E-state index in [-0.39, 0.29) is 6.61 Å². The van der Waals surface area contributed by atoms with E-state index in [1.54, 1.807) is 36.6 Å². The number of rotatable bonds is 6. The standard InChI is InChI=1S/C17H15N3O4S/c18-17(22)19-8-11-3-5-12(6-4-11)16(21)24-9-13-10-25-15(20-13)14-2-1-7-23-14/h1-7,10H,8-9H2,(H3,18,19,22). The van der Waals surface area contributed by atoms with Crippen LogP contribution in [0.3, 0.4) is 0 Å². The molecular weight excluding hydrogens is 342 g/mol. The van der Waals surface area contributed by atoms with Crippen molar-refractivity contribution in [1.29, 1.82) is 0 Å². The van der Waals surface area contributed by atoms with Crippen molar-refractivity contribution in [3.63, 3.8) is 0 Å². The quantitative estimate of drug-likeness (QED) is 0.660. The topological polar surface area (TPSA) is 107 Å². The summed E-state index contributed by atoms with van der Waals surface area (Å²) in [5.74, 6) is 0.240. The fourth-order valence-electron chi connectivity index (χ4n) is 2.06. The number of ether oxygens (including phenoxy) is 1. The molecule has 0 fully saturated rings. The summed E-state index contributed by atoms with van der Waals surface area (Å²) in [6.45, 7) is 0.389. The molecule has 3 rings (SSSR count). The number of nitrogens with zero attached hydrogens (tertiary/aromatic N) is 1. The van der Waals surface area contributed by atoms with E-state index in [9.17, 15) is 9.59 Å². The molecule has 128 valence electrons. The molecule has 2 heterocycles. The lowest BCUT2D eigenvalue weighted by molar-refractivity contribution is 0.0468. The second-order valence-electron chi connectivity index (χ2n) is 5.11. The molecule has 0 unspecified atom stereocenters. The van der Waals surface area contributed by atoms with Crippen LogP contribution < -0.4 is 11.1 Å². The van der Waals surface area contributed by atoms with Gasteiger partial charge >= 0.3 is 12.0 Å². The van der Waals surface area contributed by atoms with Crippen LogP contribution in [0.2, 0.25) is 0 Å². The lowest BCUT2D eigenvalue weighted by atomic mass is 10.1. The zero-order valence-electron chi connectivity index (χ0n) is 13.1. The number of carbonyl (C=O) groups is 2. The number of esters is 1. The van der Waals surface area contributed by atoms with E-state index in [1.807, 2.05) is 11.4 Å². The number of thiazole rings is 1. The molecule has 0 spiro atoms. The first-order valence-corrected chi connectivity index (χ1v) is 8.27. The van der Waals surface area contributed by atoms with Gasteiger partial charge in [-0.3, -0.25) is 0 Å². The van der Waals surface area contributed by atoms with E-state index < -0.39 is 12.0 Å². The SMILES string of the molecule is NC(=O)NCc1ccc(C(=O)OCc2csc(-c3ccco3)n2)cc1. The highest BCUT2D eigenvalue weighted by molar-refractivity contribution is 7.13. The van der Waals surface area contributed by atoms with Gasteiger partial charge in [0.15, 0.2) is 10.8 Å². The summed E-state index contributed by atoms with van der Waals surface area (Å²) in [6.07, 6.45) is 1.58. The molecule has 0 atom stereocenters. The highest BCUT2D eigenvalue weighted by Crippen LogP contribution is 2.24. The Morgan fingerprint density at radius 3 is 2.72 bits per heavy atom. The van der Waals surface area contributed by atoms with Crippen LogP contribution in [0, 0.1) is 0 Å². The van der Waals surface area contributed by atoms with Gasteiger partial charge in [0.05, 0.1) is 17.5 Å². The molecule has 2 amide bonds. The van der Waals surface area contributed by atoms with Crippen LogP contribution in [-0.2, 0) is 17.9 Å². The van der Waals surface area contributed by atoms with Gasteiger partial charge in [-0.05, 0) is 29.8 Å². The number of hydrogen-bond donors (Lipinski definition) is 2. The van der Waals surface area contributed by atoms with Crippen molar-refractivity contribution in [3.05, 3.63) is 64.9 Å². The Balaban J connectivity index is 1.54. The molecule has 7 nitrogen and oxygen atoms in total. The Morgan fingerprint density at radius 2 is 2.04 bits per heavy atom. The monoisotopic (exact) mass is 357 g/mol. The van der Waals surface area contributed by atoms with Gasteiger partial charge in [0.25, 0.3) is 0 Å². The summed E-state index contributed by atoms with van der Waals surface area (Å²) >= 11 is 1.42. The molecule has 3 N–H and O–H groups in total. The number of carbonyl (C=O) groups excluding carboxylic acids is 2. The second kappa shape index (κ2) is 7.63. The van der Waals surface area contributed by atoms with Crippen molar-refractivity contribution in [2.45, 2.75) is 13.2 Å². The fraction of sp³-hybridized carbons (Fsp3) is 0.118. The number of nitrogens with two attached hydrogens (primary N) is 1. The van der Waals surface area contributed by atoms with Crippen molar-refractivity contribution < 1.29 is 18.7 Å². The molecule has 0 aliphatic carbocycles. The van der Waals surface area contributed by atoms with Gasteiger partial charge < -0.3 is 20.2 Å². The predicted molar refractivity (Wildman–Crippen MR) is 91.8 cm³/mol. The van der Waals surface area contributed by atoms with Gasteiger partial charge in [0.2, 0.25) is 0 Å². The summed E-state index contributed by atoms with van der Waals surface area (Å²) in [4.78, 5) is 27.1. The Labute approximate surface area is 147 Å². The van der Waals surface area contributed by atoms with Crippen LogP contribution in [0.25, 0.3) is 10.8 Å². The first kappa shape index (κ1) is 16.7. The summed E-state index contributed by atoms with van der Waals surface area (Å²) < 4.78 is 10.5. The molecule has 3 aromatic rings. The summed E-state index contributed by atoms with van der Waals surface area (Å²) in [7, 11) is 0. The third-order valence-electron chi connectivity index (χ3n) is 3.29. The van der Waals surface area contributed by atoms with E-state index in [0.29, 0.717) is 23.6 Å². The molecule has 2 aromatic heterocycles. The molecule has 8 heteroatoms. The zero-order valence-corrected chi connectivity index (χ0v) is 13.9. The van der Waals surface area contributed by atoms with E-state index in [0.717, 1.165) is 10.6 Å². The fourth-order valence-corrected chi connectivity index (χ4v) is 2.83. The van der Waals surface area contributed by atoms with E-state index in [4.69, 9.17) is 14.9 Å². The van der Waals surface area contributed by atoms with Crippen LogP contribution in [-0.4, -0.2) is 17.0 Å². The zero-order chi connectivity index (χ0) is 17.6. The lowest BCUT2D eigenvalue weighted by Crippen LogP contribution is -2.28. The number of urea groups is 1. The van der Waals surface area contributed by atoms with Crippen molar-refractivity contribution in [3.8, 4) is 10.8 Å². The van der Waals surface area contributed by atoms with E-state index >= 15 is 0 Å². The van der Waals surface area contributed by atoms with Crippen LogP contribution in [0.4, 0.5) is 4.79 Å². The van der Waals surface area contributed by atoms with Crippen molar-refractivity contribution in [2.24, 2.45) is 5.73 Å². The maximum Gasteiger partial charge on any atom is 0.338 e. The van der Waals surface area contributed by atoms with Gasteiger partial charge in [-0.2, -0.15) is 0 Å². The van der Waals surface area contributed by atoms with Crippen molar-refractivity contribution in [1.82, 2.24) is 10.3 Å². The largest absolute Gasteiger partial charge is 0.462 e. The van der Waals surface area contributed by atoms with Gasteiger partial charge in [-0.1, -0.05) is 12.1 Å². The molecular formula is C17H15N3O4S. The summed E-state index contributed by atoms with van der Waals surface area (Å²) in [5.41, 5.74) is 6.92. The normalized spacial score (nSPS) is 10.4. The molecule has 1 aromatic carbocycles. The molecule has 25 heavy (non-hydrogen) atoms. The number of furan rings is 1. The highest BCUT2D eigenvalue weighted by Gasteiger charge is 2.11. The van der Waals surface area contributed by atoms with Crippen LogP contribution >= 0.6 is 11.3 Å². The minimum Gasteiger partial charge on any atom is -0.462 e. The maximum absolute atomic E-state index is 12.1. The average Bonchev–Trinajstić information content (AvgIpc) is 3.29. The first-order valence-electron chi connectivity index (χ1n) is 7.39. The van der Waals surface area contributed by atoms with Gasteiger partial charge in [-0.15, -0.1) is 11.3 Å². The third-order valence-corrected chi connectivity index (χ3v) is 4.20. The van der Waals surface area contributed by atoms with Gasteiger partial charge in [0, 0.05) is 11.9 Å². The highest BCUT2D eigenvalue weighted by atomic mass is 32.1. The Kier molecular flexibility index (Phi) is 5.10. The van der Waals surface area contributed by atoms with Crippen LogP contribution in [0.1, 0.15) is 21.6 Å². The Hall–Kier alpha value is -3.13. The molecule has 0 bridgehead atoms. The van der Waals surface area contributed by atoms with E-state index in [1.165, 1.54) is 11.3 Å². The third kappa shape index (κ3) is 4.45. The first-order chi connectivity index (χ1) is 12.1. The van der Waals surface area contributed by atoms with Crippen molar-refractivity contribution >= 4 is 23.3 Å². The Bertz CT molecular complexity index is 856. The molecule has 0 saturated carbocycles. The summed E-state index contributed by atoms with van der Waals surface area (Å²) in [5, 5.41) is 5.04. The molecule has 0 saturated heterocycles. The van der Waals surface area contributed by atoms with Crippen molar-refractivity contribution in [2.75, 3.05) is 0 Å². The van der Waals surface area contributed by atoms with Gasteiger partial charge in [0.1, 0.15) is 6.61 Å². The average molecular weight is 357 g/mol. The number of amides is 2. The Morgan fingerprint density at radius 1 is 1.24 bits per heavy atom. The molecule has 0 radical (unpaired) electrons. The number of primary amides is 1. The lowest BCUT2D eigenvalue weighted by Gasteiger charge is -2.05. The summed E-state index contributed by atoms with van der Waals surface area (Å²) in [6, 6.07) is 9.74. The van der Waals surface area contributed by atoms with Crippen LogP contribution in [0.15, 0.2) is 52.5 Å². The predicted octanol–water partition coefficient (Wildman–Crippen LogP) is 2.93. The maximum atomic E-state index is 12.1. The number of nitrogens with one attached hydrogen (secondary N) is 1. The van der Waals surface area contributed by atoms with E-state index in [2.05, 4.69) is 10.3 Å². The van der Waals surface area contributed by atoms with Crippen LogP contribution in [0.5, 0.6) is 0 Å². The molecule has 0 aliphatic heterocycles. The number of benzene rings is 1. The van der Waals surface area contributed by atoms with Gasteiger partial charge in [-0.25, -0.2) is 14.6 Å². The second-order valence-corrected chi connectivity index (χ2v) is 5.97. The number of hydrogen-bond acceptors (Lipinski definition) is 6. The molecule has 0 aliphatic rings. The smallest absolute Gasteiger partial charge is 0.338 e. The number of aromatic nitrogens is 1. The minimum atomic E-state index is -0.597.